The van der Waals surface area contributed by atoms with Crippen LogP contribution < -0.4 is 5.32 Å². The molecule has 0 heterocycles. The molecule has 0 aromatic heterocycles. The Bertz CT molecular complexity index is 665. The van der Waals surface area contributed by atoms with Gasteiger partial charge in [-0.2, -0.15) is 0 Å². The van der Waals surface area contributed by atoms with Crippen molar-refractivity contribution < 1.29 is 14.7 Å². The highest BCUT2D eigenvalue weighted by Crippen LogP contribution is 2.21. The molecule has 0 spiro atoms. The number of aromatic hydroxyl groups is 1. The fourth-order valence-electron chi connectivity index (χ4n) is 1.65. The number of nitrogens with one attached hydrogen (secondary N) is 1. The Morgan fingerprint density at radius 2 is 1.65 bits per heavy atom. The summed E-state index contributed by atoms with van der Waals surface area (Å²) in [7, 11) is 0. The van der Waals surface area contributed by atoms with Gasteiger partial charge in [0.1, 0.15) is 5.75 Å². The molecule has 2 N–H and O–H groups in total. The fraction of sp³-hybridized carbons (Fsp3) is 0.0667. The number of amides is 1. The Morgan fingerprint density at radius 3 is 2.20 bits per heavy atom. The first kappa shape index (κ1) is 14.5. The lowest BCUT2D eigenvalue weighted by Gasteiger charge is -2.06. The molecule has 0 unspecified atom stereocenters. The molecule has 0 atom stereocenters. The van der Waals surface area contributed by atoms with Crippen LogP contribution in [0, 0.1) is 3.57 Å². The lowest BCUT2D eigenvalue weighted by molar-refractivity contribution is 0.101. The van der Waals surface area contributed by atoms with Gasteiger partial charge in [-0.25, -0.2) is 0 Å². The number of carbonyl (C=O) groups excluding carboxylic acids is 2. The van der Waals surface area contributed by atoms with E-state index in [4.69, 9.17) is 0 Å². The summed E-state index contributed by atoms with van der Waals surface area (Å²) in [6, 6.07) is 11.4. The van der Waals surface area contributed by atoms with Gasteiger partial charge in [0.05, 0.1) is 3.57 Å². The molecule has 0 saturated carbocycles. The zero-order valence-electron chi connectivity index (χ0n) is 10.7. The number of benzene rings is 2. The molecular formula is C15H12INO3. The minimum Gasteiger partial charge on any atom is -0.507 e. The van der Waals surface area contributed by atoms with E-state index in [-0.39, 0.29) is 17.4 Å². The van der Waals surface area contributed by atoms with Gasteiger partial charge in [-0.15, -0.1) is 0 Å². The van der Waals surface area contributed by atoms with E-state index < -0.39 is 0 Å². The van der Waals surface area contributed by atoms with Crippen molar-refractivity contribution in [3.8, 4) is 5.75 Å². The smallest absolute Gasteiger partial charge is 0.255 e. The van der Waals surface area contributed by atoms with Gasteiger partial charge in [0.15, 0.2) is 5.78 Å². The molecule has 4 nitrogen and oxygen atoms in total. The van der Waals surface area contributed by atoms with Gasteiger partial charge in [-0.1, -0.05) is 0 Å². The van der Waals surface area contributed by atoms with Gasteiger partial charge < -0.3 is 10.4 Å². The summed E-state index contributed by atoms with van der Waals surface area (Å²) in [5, 5.41) is 12.3. The summed E-state index contributed by atoms with van der Waals surface area (Å²) in [4.78, 5) is 23.2. The Labute approximate surface area is 130 Å². The molecule has 1 amide bonds. The first-order valence-electron chi connectivity index (χ1n) is 5.88. The first-order chi connectivity index (χ1) is 9.47. The number of phenolic OH excluding ortho intramolecular Hbond substituents is 1. The molecule has 2 aromatic carbocycles. The van der Waals surface area contributed by atoms with E-state index in [2.05, 4.69) is 5.32 Å². The second kappa shape index (κ2) is 6.04. The van der Waals surface area contributed by atoms with Crippen LogP contribution in [0.25, 0.3) is 0 Å². The predicted molar refractivity (Wildman–Crippen MR) is 85.2 cm³/mol. The van der Waals surface area contributed by atoms with Crippen molar-refractivity contribution in [3.05, 3.63) is 57.2 Å². The predicted octanol–water partition coefficient (Wildman–Crippen LogP) is 3.45. The lowest BCUT2D eigenvalue weighted by Crippen LogP contribution is -2.11. The van der Waals surface area contributed by atoms with Crippen molar-refractivity contribution in [1.29, 1.82) is 0 Å². The van der Waals surface area contributed by atoms with E-state index in [0.717, 1.165) is 0 Å². The summed E-state index contributed by atoms with van der Waals surface area (Å²) in [6.45, 7) is 1.49. The quantitative estimate of drug-likeness (QED) is 0.632. The largest absolute Gasteiger partial charge is 0.507 e. The maximum Gasteiger partial charge on any atom is 0.255 e. The highest BCUT2D eigenvalue weighted by molar-refractivity contribution is 14.1. The van der Waals surface area contributed by atoms with Crippen molar-refractivity contribution >= 4 is 40.0 Å². The van der Waals surface area contributed by atoms with Crippen LogP contribution in [0.2, 0.25) is 0 Å². The normalized spacial score (nSPS) is 10.1. The van der Waals surface area contributed by atoms with Crippen LogP contribution in [0.1, 0.15) is 27.6 Å². The summed E-state index contributed by atoms with van der Waals surface area (Å²) >= 11 is 1.98. The molecule has 0 aliphatic heterocycles. The average Bonchev–Trinajstić information content (AvgIpc) is 2.42. The van der Waals surface area contributed by atoms with Crippen LogP contribution >= 0.6 is 22.6 Å². The van der Waals surface area contributed by atoms with Crippen molar-refractivity contribution in [1.82, 2.24) is 0 Å². The lowest BCUT2D eigenvalue weighted by atomic mass is 10.1. The fourth-order valence-corrected chi connectivity index (χ4v) is 1.98. The molecule has 5 heteroatoms. The van der Waals surface area contributed by atoms with Crippen molar-refractivity contribution in [2.45, 2.75) is 6.92 Å². The zero-order valence-corrected chi connectivity index (χ0v) is 12.8. The number of anilines is 1. The zero-order chi connectivity index (χ0) is 14.7. The van der Waals surface area contributed by atoms with Crippen LogP contribution in [0.15, 0.2) is 42.5 Å². The highest BCUT2D eigenvalue weighted by atomic mass is 127. The van der Waals surface area contributed by atoms with Crippen molar-refractivity contribution in [2.75, 3.05) is 5.32 Å². The third-order valence-corrected chi connectivity index (χ3v) is 3.67. The monoisotopic (exact) mass is 381 g/mol. The van der Waals surface area contributed by atoms with Gasteiger partial charge in [0.25, 0.3) is 5.91 Å². The van der Waals surface area contributed by atoms with E-state index in [9.17, 15) is 14.7 Å². The van der Waals surface area contributed by atoms with E-state index in [0.29, 0.717) is 20.4 Å². The molecule has 0 fully saturated rings. The highest BCUT2D eigenvalue weighted by Gasteiger charge is 2.09. The molecule has 102 valence electrons. The van der Waals surface area contributed by atoms with Gasteiger partial charge in [-0.05, 0) is 72.0 Å². The number of Topliss-reactive ketones (excluding diaryl/α,β-unsaturated/α-hetero) is 1. The third-order valence-electron chi connectivity index (χ3n) is 2.76. The van der Waals surface area contributed by atoms with Crippen LogP contribution in [0.4, 0.5) is 5.69 Å². The average molecular weight is 381 g/mol. The maximum absolute atomic E-state index is 12.0. The minimum atomic E-state index is -0.313. The van der Waals surface area contributed by atoms with E-state index in [1.165, 1.54) is 13.0 Å². The Balaban J connectivity index is 2.14. The second-order valence-electron chi connectivity index (χ2n) is 4.25. The number of halogens is 1. The summed E-state index contributed by atoms with van der Waals surface area (Å²) in [6.07, 6.45) is 0. The van der Waals surface area contributed by atoms with Gasteiger partial charge in [-0.3, -0.25) is 9.59 Å². The molecule has 0 bridgehead atoms. The van der Waals surface area contributed by atoms with Crippen molar-refractivity contribution in [3.63, 3.8) is 0 Å². The van der Waals surface area contributed by atoms with E-state index in [1.54, 1.807) is 36.4 Å². The number of hydrogen-bond donors (Lipinski definition) is 2. The molecule has 20 heavy (non-hydrogen) atoms. The van der Waals surface area contributed by atoms with Crippen molar-refractivity contribution in [2.24, 2.45) is 0 Å². The molecular weight excluding hydrogens is 369 g/mol. The number of carbonyl (C=O) groups is 2. The topological polar surface area (TPSA) is 66.4 Å². The van der Waals surface area contributed by atoms with Gasteiger partial charge in [0.2, 0.25) is 0 Å². The Kier molecular flexibility index (Phi) is 4.39. The van der Waals surface area contributed by atoms with Gasteiger partial charge in [0, 0.05) is 16.8 Å². The summed E-state index contributed by atoms with van der Waals surface area (Å²) in [5.41, 5.74) is 1.56. The van der Waals surface area contributed by atoms with Crippen LogP contribution in [-0.2, 0) is 0 Å². The minimum absolute atomic E-state index is 0.0227. The van der Waals surface area contributed by atoms with Crippen LogP contribution in [0.5, 0.6) is 5.75 Å². The number of phenols is 1. The van der Waals surface area contributed by atoms with E-state index >= 15 is 0 Å². The standard InChI is InChI=1S/C15H12INO3/c1-9(18)10-2-5-12(6-3-10)17-15(20)11-4-7-13(16)14(19)8-11/h2-8,19H,1H3,(H,17,20). The summed E-state index contributed by atoms with van der Waals surface area (Å²) in [5.74, 6) is -0.261. The summed E-state index contributed by atoms with van der Waals surface area (Å²) < 4.78 is 0.685. The van der Waals surface area contributed by atoms with Crippen LogP contribution in [-0.4, -0.2) is 16.8 Å². The van der Waals surface area contributed by atoms with E-state index in [1.807, 2.05) is 22.6 Å². The Morgan fingerprint density at radius 1 is 1.05 bits per heavy atom. The molecule has 0 radical (unpaired) electrons. The molecule has 0 aliphatic carbocycles. The molecule has 0 saturated heterocycles. The third kappa shape index (κ3) is 3.36. The van der Waals surface area contributed by atoms with Crippen LogP contribution in [0.3, 0.4) is 0 Å². The SMILES string of the molecule is CC(=O)c1ccc(NC(=O)c2ccc(I)c(O)c2)cc1. The number of ketones is 1. The Hall–Kier alpha value is -1.89. The molecule has 2 rings (SSSR count). The molecule has 0 aliphatic rings. The van der Waals surface area contributed by atoms with Gasteiger partial charge >= 0.3 is 0 Å². The number of hydrogen-bond acceptors (Lipinski definition) is 3. The maximum atomic E-state index is 12.0. The molecule has 2 aromatic rings. The number of rotatable bonds is 3. The first-order valence-corrected chi connectivity index (χ1v) is 6.96. The second-order valence-corrected chi connectivity index (χ2v) is 5.42.